The lowest BCUT2D eigenvalue weighted by Gasteiger charge is -2.34. The van der Waals surface area contributed by atoms with Gasteiger partial charge < -0.3 is 10.2 Å². The van der Waals surface area contributed by atoms with Crippen LogP contribution in [-0.4, -0.2) is 43.8 Å². The number of rotatable bonds is 11. The summed E-state index contributed by atoms with van der Waals surface area (Å²) in [7, 11) is -4.16. The van der Waals surface area contributed by atoms with Gasteiger partial charge in [-0.2, -0.15) is 0 Å². The van der Waals surface area contributed by atoms with Crippen molar-refractivity contribution in [2.75, 3.05) is 10.8 Å². The summed E-state index contributed by atoms with van der Waals surface area (Å²) in [6.45, 7) is 10.7. The van der Waals surface area contributed by atoms with Crippen LogP contribution in [0.5, 0.6) is 0 Å². The van der Waals surface area contributed by atoms with Crippen molar-refractivity contribution in [3.05, 3.63) is 94.0 Å². The van der Waals surface area contributed by atoms with Crippen LogP contribution in [0.25, 0.3) is 0 Å². The minimum absolute atomic E-state index is 0.0555. The highest BCUT2D eigenvalue weighted by Gasteiger charge is 2.34. The Morgan fingerprint density at radius 2 is 1.48 bits per heavy atom. The van der Waals surface area contributed by atoms with Gasteiger partial charge in [-0.3, -0.25) is 13.9 Å². The summed E-state index contributed by atoms with van der Waals surface area (Å²) in [6.07, 6.45) is 0.358. The van der Waals surface area contributed by atoms with Crippen LogP contribution in [0.1, 0.15) is 49.4 Å². The molecule has 1 atom stereocenters. The number of aryl methyl sites for hydroxylation is 2. The first-order chi connectivity index (χ1) is 18.8. The van der Waals surface area contributed by atoms with Crippen LogP contribution in [0, 0.1) is 20.8 Å². The normalized spacial score (nSPS) is 12.2. The van der Waals surface area contributed by atoms with Crippen molar-refractivity contribution in [1.82, 2.24) is 10.2 Å². The first-order valence-electron chi connectivity index (χ1n) is 13.3. The molecule has 0 radical (unpaired) electrons. The molecule has 3 rings (SSSR count). The number of benzene rings is 3. The Balaban J connectivity index is 2.10. The molecule has 9 heteroatoms. The lowest BCUT2D eigenvalue weighted by atomic mass is 10.1. The Morgan fingerprint density at radius 1 is 0.900 bits per heavy atom. The maximum absolute atomic E-state index is 14.1. The molecule has 0 saturated carbocycles. The smallest absolute Gasteiger partial charge is 0.264 e. The molecule has 40 heavy (non-hydrogen) atoms. The van der Waals surface area contributed by atoms with Crippen LogP contribution in [0.4, 0.5) is 5.69 Å². The number of nitrogens with zero attached hydrogens (tertiary/aromatic N) is 2. The number of carbonyl (C=O) groups excluding carboxylic acids is 2. The first-order valence-corrected chi connectivity index (χ1v) is 15.2. The van der Waals surface area contributed by atoms with E-state index in [1.165, 1.54) is 17.0 Å². The largest absolute Gasteiger partial charge is 0.352 e. The van der Waals surface area contributed by atoms with Crippen molar-refractivity contribution in [2.45, 2.75) is 71.5 Å². The number of nitrogens with one attached hydrogen (secondary N) is 1. The monoisotopic (exact) mass is 583 g/mol. The van der Waals surface area contributed by atoms with E-state index >= 15 is 0 Å². The van der Waals surface area contributed by atoms with E-state index in [0.717, 1.165) is 21.0 Å². The van der Waals surface area contributed by atoms with Gasteiger partial charge in [0.1, 0.15) is 12.6 Å². The highest BCUT2D eigenvalue weighted by Crippen LogP contribution is 2.31. The molecule has 0 aromatic heterocycles. The molecule has 0 bridgehead atoms. The number of sulfonamides is 1. The fourth-order valence-electron chi connectivity index (χ4n) is 4.41. The molecule has 7 nitrogen and oxygen atoms in total. The molecule has 2 amide bonds. The number of amides is 2. The van der Waals surface area contributed by atoms with E-state index in [0.29, 0.717) is 22.7 Å². The number of anilines is 1. The highest BCUT2D eigenvalue weighted by atomic mass is 35.5. The van der Waals surface area contributed by atoms with E-state index in [1.54, 1.807) is 37.3 Å². The number of hydrogen-bond acceptors (Lipinski definition) is 4. The topological polar surface area (TPSA) is 86.8 Å². The zero-order valence-electron chi connectivity index (χ0n) is 23.9. The molecule has 214 valence electrons. The molecule has 0 saturated heterocycles. The van der Waals surface area contributed by atoms with Gasteiger partial charge in [0.15, 0.2) is 0 Å². The molecule has 3 aromatic carbocycles. The van der Waals surface area contributed by atoms with E-state index in [1.807, 2.05) is 58.9 Å². The SMILES string of the molecule is CC[C@@H](C(=O)NC(C)C)N(Cc1ccc(C)cc1)C(=O)CN(c1cccc(Cl)c1C)S(=O)(=O)c1ccc(C)cc1. The zero-order valence-corrected chi connectivity index (χ0v) is 25.5. The second-order valence-electron chi connectivity index (χ2n) is 10.3. The Hall–Kier alpha value is -3.36. The third kappa shape index (κ3) is 7.43. The predicted molar refractivity (Wildman–Crippen MR) is 161 cm³/mol. The van der Waals surface area contributed by atoms with Crippen LogP contribution in [0.15, 0.2) is 71.6 Å². The molecule has 0 aliphatic carbocycles. The third-order valence-corrected chi connectivity index (χ3v) is 8.87. The van der Waals surface area contributed by atoms with Crippen LogP contribution in [0.2, 0.25) is 5.02 Å². The third-order valence-electron chi connectivity index (χ3n) is 6.69. The van der Waals surface area contributed by atoms with E-state index in [2.05, 4.69) is 5.32 Å². The minimum atomic E-state index is -4.16. The minimum Gasteiger partial charge on any atom is -0.352 e. The summed E-state index contributed by atoms with van der Waals surface area (Å²) >= 11 is 6.39. The van der Waals surface area contributed by atoms with Crippen molar-refractivity contribution in [1.29, 1.82) is 0 Å². The highest BCUT2D eigenvalue weighted by molar-refractivity contribution is 7.92. The average molecular weight is 584 g/mol. The summed E-state index contributed by atoms with van der Waals surface area (Å²) in [5, 5.41) is 3.29. The van der Waals surface area contributed by atoms with E-state index in [4.69, 9.17) is 11.6 Å². The second kappa shape index (κ2) is 13.3. The second-order valence-corrected chi connectivity index (χ2v) is 12.6. The molecule has 1 N–H and O–H groups in total. The van der Waals surface area contributed by atoms with Gasteiger partial charge in [0.2, 0.25) is 11.8 Å². The average Bonchev–Trinajstić information content (AvgIpc) is 2.89. The molecule has 0 unspecified atom stereocenters. The molecular weight excluding hydrogens is 546 g/mol. The van der Waals surface area contributed by atoms with E-state index in [-0.39, 0.29) is 23.4 Å². The fraction of sp³-hybridized carbons (Fsp3) is 0.355. The fourth-order valence-corrected chi connectivity index (χ4v) is 6.05. The Kier molecular flexibility index (Phi) is 10.4. The Labute approximate surface area is 243 Å². The molecule has 0 heterocycles. The van der Waals surface area contributed by atoms with Gasteiger partial charge in [0.25, 0.3) is 10.0 Å². The first kappa shape index (κ1) is 31.2. The van der Waals surface area contributed by atoms with Crippen LogP contribution < -0.4 is 9.62 Å². The van der Waals surface area contributed by atoms with Crippen LogP contribution in [-0.2, 0) is 26.2 Å². The van der Waals surface area contributed by atoms with Crippen LogP contribution in [0.3, 0.4) is 0 Å². The maximum Gasteiger partial charge on any atom is 0.264 e. The van der Waals surface area contributed by atoms with Gasteiger partial charge in [0.05, 0.1) is 10.6 Å². The van der Waals surface area contributed by atoms with Gasteiger partial charge in [-0.25, -0.2) is 8.42 Å². The number of hydrogen-bond donors (Lipinski definition) is 1. The molecule has 0 aliphatic heterocycles. The van der Waals surface area contributed by atoms with Gasteiger partial charge >= 0.3 is 0 Å². The maximum atomic E-state index is 14.1. The Bertz CT molecular complexity index is 1440. The summed E-state index contributed by atoms with van der Waals surface area (Å²) in [6, 6.07) is 18.2. The van der Waals surface area contributed by atoms with Crippen molar-refractivity contribution in [3.8, 4) is 0 Å². The summed E-state index contributed by atoms with van der Waals surface area (Å²) < 4.78 is 29.1. The van der Waals surface area contributed by atoms with Gasteiger partial charge in [-0.1, -0.05) is 72.1 Å². The molecule has 0 spiro atoms. The van der Waals surface area contributed by atoms with Gasteiger partial charge in [0, 0.05) is 17.6 Å². The molecule has 0 fully saturated rings. The molecule has 3 aromatic rings. The number of halogens is 1. The summed E-state index contributed by atoms with van der Waals surface area (Å²) in [4.78, 5) is 28.9. The van der Waals surface area contributed by atoms with Gasteiger partial charge in [-0.05, 0) is 76.4 Å². The van der Waals surface area contributed by atoms with Crippen molar-refractivity contribution in [3.63, 3.8) is 0 Å². The lowest BCUT2D eigenvalue weighted by molar-refractivity contribution is -0.140. The number of carbonyl (C=O) groups is 2. The lowest BCUT2D eigenvalue weighted by Crippen LogP contribution is -2.53. The summed E-state index contributed by atoms with van der Waals surface area (Å²) in [5.41, 5.74) is 3.64. The zero-order chi connectivity index (χ0) is 29.6. The Morgan fingerprint density at radius 3 is 2.02 bits per heavy atom. The van der Waals surface area contributed by atoms with E-state index < -0.39 is 28.5 Å². The standard InChI is InChI=1S/C31H38ClN3O4S/c1-7-28(31(37)33-21(2)3)34(19-25-15-11-22(4)12-16-25)30(36)20-35(29-10-8-9-27(32)24(29)6)40(38,39)26-17-13-23(5)14-18-26/h8-18,21,28H,7,19-20H2,1-6H3,(H,33,37)/t28-/m0/s1. The van der Waals surface area contributed by atoms with Crippen LogP contribution >= 0.6 is 11.6 Å². The molecular formula is C31H38ClN3O4S. The quantitative estimate of drug-likeness (QED) is 0.309. The van der Waals surface area contributed by atoms with Crippen molar-refractivity contribution in [2.24, 2.45) is 0 Å². The van der Waals surface area contributed by atoms with Crippen molar-refractivity contribution < 1.29 is 18.0 Å². The van der Waals surface area contributed by atoms with E-state index in [9.17, 15) is 18.0 Å². The predicted octanol–water partition coefficient (Wildman–Crippen LogP) is 5.79. The summed E-state index contributed by atoms with van der Waals surface area (Å²) in [5.74, 6) is -0.786. The molecule has 0 aliphatic rings. The van der Waals surface area contributed by atoms with Gasteiger partial charge in [-0.15, -0.1) is 0 Å². The van der Waals surface area contributed by atoms with Crippen molar-refractivity contribution >= 4 is 39.1 Å².